The van der Waals surface area contributed by atoms with E-state index in [1.807, 2.05) is 23.5 Å². The van der Waals surface area contributed by atoms with Crippen LogP contribution in [0.2, 0.25) is 0 Å². The summed E-state index contributed by atoms with van der Waals surface area (Å²) in [6.45, 7) is 0. The first-order chi connectivity index (χ1) is 25.2. The fraction of sp³-hybridized carbons (Fsp3) is 0. The summed E-state index contributed by atoms with van der Waals surface area (Å²) in [7, 11) is 0. The van der Waals surface area contributed by atoms with Crippen molar-refractivity contribution in [3.63, 3.8) is 0 Å². The molecule has 0 atom stereocenters. The lowest BCUT2D eigenvalue weighted by Crippen LogP contribution is -2.09. The Morgan fingerprint density at radius 2 is 0.804 bits per heavy atom. The van der Waals surface area contributed by atoms with E-state index in [1.54, 1.807) is 0 Å². The van der Waals surface area contributed by atoms with Gasteiger partial charge >= 0.3 is 0 Å². The summed E-state index contributed by atoms with van der Waals surface area (Å²) >= 11 is 1.85. The van der Waals surface area contributed by atoms with Gasteiger partial charge in [-0.3, -0.25) is 0 Å². The van der Waals surface area contributed by atoms with Gasteiger partial charge in [-0.05, 0) is 100 Å². The van der Waals surface area contributed by atoms with Crippen molar-refractivity contribution in [1.29, 1.82) is 0 Å². The molecule has 8 aromatic carbocycles. The van der Waals surface area contributed by atoms with Crippen LogP contribution in [0.15, 0.2) is 192 Å². The van der Waals surface area contributed by atoms with Crippen LogP contribution in [-0.4, -0.2) is 0 Å². The minimum Gasteiger partial charge on any atom is -0.456 e. The third-order valence-corrected chi connectivity index (χ3v) is 11.1. The van der Waals surface area contributed by atoms with Crippen LogP contribution in [0.4, 0.5) is 17.1 Å². The molecule has 0 saturated heterocycles. The molecule has 2 aromatic heterocycles. The largest absolute Gasteiger partial charge is 0.456 e. The number of thiophene rings is 1. The number of benzene rings is 8. The van der Waals surface area contributed by atoms with Crippen molar-refractivity contribution in [3.05, 3.63) is 188 Å². The highest BCUT2D eigenvalue weighted by molar-refractivity contribution is 7.25. The van der Waals surface area contributed by atoms with Crippen molar-refractivity contribution < 1.29 is 4.42 Å². The minimum absolute atomic E-state index is 0.912. The summed E-state index contributed by atoms with van der Waals surface area (Å²) in [5.41, 5.74) is 12.3. The first kappa shape index (κ1) is 29.5. The van der Waals surface area contributed by atoms with Gasteiger partial charge in [0, 0.05) is 48.0 Å². The Kier molecular flexibility index (Phi) is 7.04. The van der Waals surface area contributed by atoms with Crippen LogP contribution >= 0.6 is 11.3 Å². The lowest BCUT2D eigenvalue weighted by atomic mass is 10.00. The summed E-state index contributed by atoms with van der Waals surface area (Å²) in [4.78, 5) is 2.37. The molecule has 0 fully saturated rings. The predicted molar refractivity (Wildman–Crippen MR) is 218 cm³/mol. The number of hydrogen-bond acceptors (Lipinski definition) is 3. The van der Waals surface area contributed by atoms with Gasteiger partial charge in [0.05, 0.1) is 0 Å². The standard InChI is InChI=1S/C48H31NOS/c1-2-8-32(9-3-1)33-14-16-34(17-15-33)35-18-23-38(24-19-35)49(40-27-29-48-44(31-40)42-11-5-7-13-47(42)51-48)39-25-20-36(21-26-39)37-22-28-46-43(30-37)41-10-4-6-12-45(41)50-46/h1-31H. The molecule has 0 aliphatic heterocycles. The summed E-state index contributed by atoms with van der Waals surface area (Å²) < 4.78 is 8.71. The molecule has 2 nitrogen and oxygen atoms in total. The Balaban J connectivity index is 1.04. The molecule has 0 unspecified atom stereocenters. The highest BCUT2D eigenvalue weighted by Gasteiger charge is 2.16. The number of furan rings is 1. The number of para-hydroxylation sites is 1. The number of nitrogens with zero attached hydrogens (tertiary/aromatic N) is 1. The second-order valence-corrected chi connectivity index (χ2v) is 14.0. The average molecular weight is 670 g/mol. The molecule has 10 rings (SSSR count). The van der Waals surface area contributed by atoms with E-state index in [2.05, 4.69) is 181 Å². The van der Waals surface area contributed by atoms with Gasteiger partial charge < -0.3 is 9.32 Å². The summed E-state index contributed by atoms with van der Waals surface area (Å²) in [6.07, 6.45) is 0. The molecule has 2 heterocycles. The average Bonchev–Trinajstić information content (AvgIpc) is 3.77. The molecule has 240 valence electrons. The third-order valence-electron chi connectivity index (χ3n) is 9.90. The van der Waals surface area contributed by atoms with E-state index in [0.717, 1.165) is 39.0 Å². The van der Waals surface area contributed by atoms with Gasteiger partial charge in [-0.15, -0.1) is 11.3 Å². The van der Waals surface area contributed by atoms with Crippen molar-refractivity contribution in [2.75, 3.05) is 4.90 Å². The minimum atomic E-state index is 0.912. The monoisotopic (exact) mass is 669 g/mol. The van der Waals surface area contributed by atoms with Crippen LogP contribution in [0.3, 0.4) is 0 Å². The van der Waals surface area contributed by atoms with Gasteiger partial charge in [-0.1, -0.05) is 121 Å². The van der Waals surface area contributed by atoms with Crippen LogP contribution < -0.4 is 4.90 Å². The van der Waals surface area contributed by atoms with Crippen molar-refractivity contribution in [2.45, 2.75) is 0 Å². The number of hydrogen-bond donors (Lipinski definition) is 0. The van der Waals surface area contributed by atoms with Crippen molar-refractivity contribution in [1.82, 2.24) is 0 Å². The van der Waals surface area contributed by atoms with E-state index in [0.29, 0.717) is 0 Å². The molecule has 10 aromatic rings. The van der Waals surface area contributed by atoms with Crippen LogP contribution in [-0.2, 0) is 0 Å². The van der Waals surface area contributed by atoms with E-state index >= 15 is 0 Å². The van der Waals surface area contributed by atoms with Crippen molar-refractivity contribution in [3.8, 4) is 33.4 Å². The molecule has 51 heavy (non-hydrogen) atoms. The molecule has 0 spiro atoms. The van der Waals surface area contributed by atoms with E-state index in [9.17, 15) is 0 Å². The van der Waals surface area contributed by atoms with Gasteiger partial charge in [0.25, 0.3) is 0 Å². The second kappa shape index (κ2) is 12.2. The molecular formula is C48H31NOS. The maximum atomic E-state index is 6.10. The molecule has 0 bridgehead atoms. The lowest BCUT2D eigenvalue weighted by Gasteiger charge is -2.26. The zero-order valence-electron chi connectivity index (χ0n) is 27.7. The fourth-order valence-corrected chi connectivity index (χ4v) is 8.38. The maximum Gasteiger partial charge on any atom is 0.135 e. The topological polar surface area (TPSA) is 16.4 Å². The zero-order chi connectivity index (χ0) is 33.7. The third kappa shape index (κ3) is 5.27. The van der Waals surface area contributed by atoms with Crippen molar-refractivity contribution in [2.24, 2.45) is 0 Å². The predicted octanol–water partition coefficient (Wildman–Crippen LogP) is 14.4. The van der Waals surface area contributed by atoms with E-state index in [1.165, 1.54) is 53.6 Å². The van der Waals surface area contributed by atoms with Crippen LogP contribution in [0, 0.1) is 0 Å². The summed E-state index contributed by atoms with van der Waals surface area (Å²) in [5, 5.41) is 4.86. The first-order valence-electron chi connectivity index (χ1n) is 17.2. The van der Waals surface area contributed by atoms with Gasteiger partial charge in [-0.2, -0.15) is 0 Å². The molecule has 0 amide bonds. The number of fused-ring (bicyclic) bond motifs is 6. The van der Waals surface area contributed by atoms with Crippen molar-refractivity contribution >= 4 is 70.5 Å². The first-order valence-corrected chi connectivity index (χ1v) is 18.1. The fourth-order valence-electron chi connectivity index (χ4n) is 7.30. The molecule has 0 aliphatic rings. The number of rotatable bonds is 6. The Labute approximate surface area is 300 Å². The molecule has 3 heteroatoms. The Hall–Kier alpha value is -6.42. The van der Waals surface area contributed by atoms with E-state index in [-0.39, 0.29) is 0 Å². The molecule has 0 aliphatic carbocycles. The van der Waals surface area contributed by atoms with Gasteiger partial charge in [0.2, 0.25) is 0 Å². The zero-order valence-corrected chi connectivity index (χ0v) is 28.5. The maximum absolute atomic E-state index is 6.10. The molecule has 0 radical (unpaired) electrons. The quantitative estimate of drug-likeness (QED) is 0.175. The van der Waals surface area contributed by atoms with Gasteiger partial charge in [0.15, 0.2) is 0 Å². The Morgan fingerprint density at radius 1 is 0.314 bits per heavy atom. The van der Waals surface area contributed by atoms with E-state index < -0.39 is 0 Å². The molecular weight excluding hydrogens is 639 g/mol. The molecule has 0 saturated carbocycles. The smallest absolute Gasteiger partial charge is 0.135 e. The second-order valence-electron chi connectivity index (χ2n) is 13.0. The summed E-state index contributed by atoms with van der Waals surface area (Å²) in [5.74, 6) is 0. The van der Waals surface area contributed by atoms with Crippen LogP contribution in [0.25, 0.3) is 75.5 Å². The van der Waals surface area contributed by atoms with Gasteiger partial charge in [-0.25, -0.2) is 0 Å². The highest BCUT2D eigenvalue weighted by Crippen LogP contribution is 2.42. The molecule has 0 N–H and O–H groups in total. The van der Waals surface area contributed by atoms with Gasteiger partial charge in [0.1, 0.15) is 11.2 Å². The Bertz CT molecular complexity index is 2830. The number of anilines is 3. The normalized spacial score (nSPS) is 11.5. The summed E-state index contributed by atoms with van der Waals surface area (Å²) in [6, 6.07) is 67.5. The Morgan fingerprint density at radius 3 is 1.51 bits per heavy atom. The highest BCUT2D eigenvalue weighted by atomic mass is 32.1. The van der Waals surface area contributed by atoms with Crippen LogP contribution in [0.5, 0.6) is 0 Å². The van der Waals surface area contributed by atoms with Crippen LogP contribution in [0.1, 0.15) is 0 Å². The van der Waals surface area contributed by atoms with E-state index in [4.69, 9.17) is 4.42 Å². The lowest BCUT2D eigenvalue weighted by molar-refractivity contribution is 0.669. The SMILES string of the molecule is c1ccc(-c2ccc(-c3ccc(N(c4ccc(-c5ccc6oc7ccccc7c6c5)cc4)c4ccc5sc6ccccc6c5c4)cc3)cc2)cc1.